The van der Waals surface area contributed by atoms with E-state index >= 15 is 0 Å². The molecule has 0 bridgehead atoms. The zero-order valence-electron chi connectivity index (χ0n) is 7.75. The van der Waals surface area contributed by atoms with Gasteiger partial charge < -0.3 is 15.2 Å². The molecule has 1 fully saturated rings. The minimum Gasteiger partial charge on any atom is -0.395 e. The summed E-state index contributed by atoms with van der Waals surface area (Å²) in [6, 6.07) is 0.732. The van der Waals surface area contributed by atoms with E-state index < -0.39 is 0 Å². The number of hydrogen-bond acceptors (Lipinski definition) is 3. The molecule has 1 aliphatic rings. The van der Waals surface area contributed by atoms with Gasteiger partial charge in [0, 0.05) is 13.2 Å². The molecule has 0 aromatic carbocycles. The van der Waals surface area contributed by atoms with Gasteiger partial charge in [0.25, 0.3) is 0 Å². The van der Waals surface area contributed by atoms with E-state index in [1.165, 1.54) is 25.7 Å². The molecule has 0 heterocycles. The lowest BCUT2D eigenvalue weighted by Crippen LogP contribution is -2.42. The van der Waals surface area contributed by atoms with E-state index in [4.69, 9.17) is 9.84 Å². The van der Waals surface area contributed by atoms with Crippen molar-refractivity contribution in [3.63, 3.8) is 0 Å². The summed E-state index contributed by atoms with van der Waals surface area (Å²) in [5.41, 5.74) is 0. The largest absolute Gasteiger partial charge is 0.395 e. The second-order valence-corrected chi connectivity index (χ2v) is 3.48. The summed E-state index contributed by atoms with van der Waals surface area (Å²) in [6.45, 7) is 0.775. The maximum absolute atomic E-state index is 8.97. The van der Waals surface area contributed by atoms with Gasteiger partial charge in [0.1, 0.15) is 0 Å². The number of ether oxygens (including phenoxy) is 1. The molecule has 1 saturated carbocycles. The Balaban J connectivity index is 2.16. The lowest BCUT2D eigenvalue weighted by Gasteiger charge is -2.19. The maximum atomic E-state index is 8.97. The Bertz CT molecular complexity index is 113. The topological polar surface area (TPSA) is 41.5 Å². The first-order chi connectivity index (χ1) is 5.86. The predicted octanol–water partition coefficient (Wildman–Crippen LogP) is 0.526. The van der Waals surface area contributed by atoms with Crippen molar-refractivity contribution in [1.82, 2.24) is 5.32 Å². The number of rotatable bonds is 5. The van der Waals surface area contributed by atoms with Gasteiger partial charge in [-0.25, -0.2) is 0 Å². The summed E-state index contributed by atoms with van der Waals surface area (Å²) < 4.78 is 4.98. The third-order valence-corrected chi connectivity index (χ3v) is 2.41. The van der Waals surface area contributed by atoms with E-state index in [-0.39, 0.29) is 12.6 Å². The second-order valence-electron chi connectivity index (χ2n) is 3.48. The highest BCUT2D eigenvalue weighted by Gasteiger charge is 2.18. The molecule has 2 N–H and O–H groups in total. The highest BCUT2D eigenvalue weighted by atomic mass is 16.5. The molecule has 0 aromatic heterocycles. The highest BCUT2D eigenvalue weighted by Crippen LogP contribution is 2.17. The van der Waals surface area contributed by atoms with Crippen LogP contribution < -0.4 is 5.32 Å². The van der Waals surface area contributed by atoms with Crippen LogP contribution in [0.3, 0.4) is 0 Å². The fourth-order valence-electron chi connectivity index (χ4n) is 1.78. The zero-order chi connectivity index (χ0) is 8.81. The molecular weight excluding hydrogens is 154 g/mol. The lowest BCUT2D eigenvalue weighted by molar-refractivity contribution is 0.122. The molecule has 0 radical (unpaired) electrons. The maximum Gasteiger partial charge on any atom is 0.0638 e. The van der Waals surface area contributed by atoms with Crippen molar-refractivity contribution in [2.45, 2.75) is 37.8 Å². The summed E-state index contributed by atoms with van der Waals surface area (Å²) in [6.07, 6.45) is 5.14. The Morgan fingerprint density at radius 3 is 2.67 bits per heavy atom. The van der Waals surface area contributed by atoms with E-state index in [1.807, 2.05) is 0 Å². The average molecular weight is 173 g/mol. The Hall–Kier alpha value is -0.120. The van der Waals surface area contributed by atoms with Crippen LogP contribution in [0.4, 0.5) is 0 Å². The fraction of sp³-hybridized carbons (Fsp3) is 1.00. The Labute approximate surface area is 74.1 Å². The number of nitrogens with one attached hydrogen (secondary N) is 1. The molecule has 12 heavy (non-hydrogen) atoms. The minimum atomic E-state index is 0.123. The molecule has 0 saturated heterocycles. The normalized spacial score (nSPS) is 21.5. The average Bonchev–Trinajstić information content (AvgIpc) is 2.56. The Morgan fingerprint density at radius 2 is 2.17 bits per heavy atom. The number of aliphatic hydroxyl groups is 1. The number of hydrogen-bond donors (Lipinski definition) is 2. The highest BCUT2D eigenvalue weighted by molar-refractivity contribution is 4.78. The molecule has 1 atom stereocenters. The quantitative estimate of drug-likeness (QED) is 0.637. The van der Waals surface area contributed by atoms with Crippen LogP contribution in [0.25, 0.3) is 0 Å². The SMILES string of the molecule is COCC(CO)NC1CCCC1. The zero-order valence-corrected chi connectivity index (χ0v) is 7.75. The number of aliphatic hydroxyl groups excluding tert-OH is 1. The summed E-state index contributed by atoms with van der Waals surface area (Å²) in [7, 11) is 1.67. The van der Waals surface area contributed by atoms with E-state index in [9.17, 15) is 0 Å². The third-order valence-electron chi connectivity index (χ3n) is 2.41. The van der Waals surface area contributed by atoms with Crippen LogP contribution >= 0.6 is 0 Å². The molecule has 0 amide bonds. The van der Waals surface area contributed by atoms with Gasteiger partial charge in [-0.1, -0.05) is 12.8 Å². The Morgan fingerprint density at radius 1 is 1.50 bits per heavy atom. The smallest absolute Gasteiger partial charge is 0.0638 e. The summed E-state index contributed by atoms with van der Waals surface area (Å²) in [4.78, 5) is 0. The van der Waals surface area contributed by atoms with Crippen molar-refractivity contribution in [3.8, 4) is 0 Å². The molecule has 0 spiro atoms. The molecular formula is C9H19NO2. The van der Waals surface area contributed by atoms with Crippen LogP contribution in [0.15, 0.2) is 0 Å². The van der Waals surface area contributed by atoms with Crippen LogP contribution in [0.5, 0.6) is 0 Å². The van der Waals surface area contributed by atoms with Crippen molar-refractivity contribution < 1.29 is 9.84 Å². The summed E-state index contributed by atoms with van der Waals surface area (Å²) in [5.74, 6) is 0. The standard InChI is InChI=1S/C9H19NO2/c1-12-7-9(6-11)10-8-4-2-3-5-8/h8-11H,2-7H2,1H3. The van der Waals surface area contributed by atoms with E-state index in [2.05, 4.69) is 5.32 Å². The van der Waals surface area contributed by atoms with E-state index in [1.54, 1.807) is 7.11 Å². The van der Waals surface area contributed by atoms with Gasteiger partial charge in [0.2, 0.25) is 0 Å². The predicted molar refractivity (Wildman–Crippen MR) is 48.1 cm³/mol. The first-order valence-electron chi connectivity index (χ1n) is 4.72. The van der Waals surface area contributed by atoms with Gasteiger partial charge in [0.05, 0.1) is 19.3 Å². The van der Waals surface area contributed by atoms with Crippen molar-refractivity contribution in [2.75, 3.05) is 20.3 Å². The van der Waals surface area contributed by atoms with Crippen molar-refractivity contribution in [2.24, 2.45) is 0 Å². The summed E-state index contributed by atoms with van der Waals surface area (Å²) >= 11 is 0. The van der Waals surface area contributed by atoms with E-state index in [0.29, 0.717) is 12.6 Å². The lowest BCUT2D eigenvalue weighted by atomic mass is 10.2. The molecule has 3 heteroatoms. The van der Waals surface area contributed by atoms with Crippen LogP contribution in [0, 0.1) is 0 Å². The van der Waals surface area contributed by atoms with Gasteiger partial charge in [-0.3, -0.25) is 0 Å². The van der Waals surface area contributed by atoms with Crippen LogP contribution in [-0.2, 0) is 4.74 Å². The molecule has 1 aliphatic carbocycles. The minimum absolute atomic E-state index is 0.123. The molecule has 72 valence electrons. The molecule has 1 rings (SSSR count). The first kappa shape index (κ1) is 9.96. The van der Waals surface area contributed by atoms with Crippen molar-refractivity contribution in [3.05, 3.63) is 0 Å². The molecule has 0 aromatic rings. The first-order valence-corrected chi connectivity index (χ1v) is 4.72. The third kappa shape index (κ3) is 3.09. The monoisotopic (exact) mass is 173 g/mol. The van der Waals surface area contributed by atoms with Crippen LogP contribution in [0.2, 0.25) is 0 Å². The van der Waals surface area contributed by atoms with Crippen LogP contribution in [0.1, 0.15) is 25.7 Å². The van der Waals surface area contributed by atoms with Gasteiger partial charge >= 0.3 is 0 Å². The second kappa shape index (κ2) is 5.51. The molecule has 1 unspecified atom stereocenters. The Kier molecular flexibility index (Phi) is 4.58. The molecule has 0 aliphatic heterocycles. The molecule has 3 nitrogen and oxygen atoms in total. The summed E-state index contributed by atoms with van der Waals surface area (Å²) in [5, 5.41) is 12.4. The van der Waals surface area contributed by atoms with Crippen molar-refractivity contribution >= 4 is 0 Å². The van der Waals surface area contributed by atoms with E-state index in [0.717, 1.165) is 0 Å². The van der Waals surface area contributed by atoms with Gasteiger partial charge in [-0.05, 0) is 12.8 Å². The van der Waals surface area contributed by atoms with Gasteiger partial charge in [-0.15, -0.1) is 0 Å². The van der Waals surface area contributed by atoms with Crippen LogP contribution in [-0.4, -0.2) is 37.5 Å². The van der Waals surface area contributed by atoms with Gasteiger partial charge in [0.15, 0.2) is 0 Å². The van der Waals surface area contributed by atoms with Crippen molar-refractivity contribution in [1.29, 1.82) is 0 Å². The number of methoxy groups -OCH3 is 1. The fourth-order valence-corrected chi connectivity index (χ4v) is 1.78. The van der Waals surface area contributed by atoms with Gasteiger partial charge in [-0.2, -0.15) is 0 Å².